The van der Waals surface area contributed by atoms with Crippen molar-refractivity contribution < 1.29 is 4.79 Å². The molecule has 35 heavy (non-hydrogen) atoms. The molecule has 0 spiro atoms. The molecule has 1 aromatic carbocycles. The number of benzene rings is 1. The summed E-state index contributed by atoms with van der Waals surface area (Å²) in [6.45, 7) is 16.5. The van der Waals surface area contributed by atoms with E-state index in [4.69, 9.17) is 22.3 Å². The van der Waals surface area contributed by atoms with Crippen LogP contribution in [0, 0.1) is 12.3 Å². The number of fused-ring (bicyclic) bond motifs is 1. The lowest BCUT2D eigenvalue weighted by Gasteiger charge is -2.34. The zero-order chi connectivity index (χ0) is 26.1. The number of ketones is 1. The van der Waals surface area contributed by atoms with Crippen LogP contribution in [0.1, 0.15) is 77.3 Å². The van der Waals surface area contributed by atoms with Gasteiger partial charge in [0, 0.05) is 28.0 Å². The zero-order valence-electron chi connectivity index (χ0n) is 22.3. The minimum Gasteiger partial charge on any atom is -0.402 e. The Kier molecular flexibility index (Phi) is 7.71. The van der Waals surface area contributed by atoms with Crippen LogP contribution in [0.5, 0.6) is 0 Å². The molecular formula is C29H39ClN4O. The Morgan fingerprint density at radius 3 is 2.34 bits per heavy atom. The molecule has 0 saturated heterocycles. The summed E-state index contributed by atoms with van der Waals surface area (Å²) in [5, 5.41) is 4.57. The lowest BCUT2D eigenvalue weighted by atomic mass is 9.82. The van der Waals surface area contributed by atoms with Crippen LogP contribution >= 0.6 is 11.6 Å². The van der Waals surface area contributed by atoms with Gasteiger partial charge in [-0.25, -0.2) is 4.98 Å². The van der Waals surface area contributed by atoms with Gasteiger partial charge in [-0.1, -0.05) is 44.5 Å². The summed E-state index contributed by atoms with van der Waals surface area (Å²) in [7, 11) is 0. The van der Waals surface area contributed by atoms with Crippen molar-refractivity contribution in [1.29, 1.82) is 0 Å². The van der Waals surface area contributed by atoms with Gasteiger partial charge in [-0.15, -0.1) is 0 Å². The number of Topliss-reactive ketones (excluding diaryl/α,β-unsaturated/α-hetero) is 1. The summed E-state index contributed by atoms with van der Waals surface area (Å²) in [6.07, 6.45) is 4.55. The average Bonchev–Trinajstić information content (AvgIpc) is 3.02. The van der Waals surface area contributed by atoms with E-state index in [1.807, 2.05) is 31.3 Å². The molecule has 0 aliphatic heterocycles. The summed E-state index contributed by atoms with van der Waals surface area (Å²) in [4.78, 5) is 17.2. The normalized spacial score (nSPS) is 13.2. The third kappa shape index (κ3) is 6.66. The third-order valence-electron chi connectivity index (χ3n) is 6.05. The van der Waals surface area contributed by atoms with E-state index < -0.39 is 0 Å². The highest BCUT2D eigenvalue weighted by Gasteiger charge is 2.28. The zero-order valence-corrected chi connectivity index (χ0v) is 23.1. The van der Waals surface area contributed by atoms with Crippen molar-refractivity contribution in [3.63, 3.8) is 0 Å². The molecule has 188 valence electrons. The fraction of sp³-hybridized carbons (Fsp3) is 0.448. The number of carbonyl (C=O) groups excluding carboxylic acids is 1. The van der Waals surface area contributed by atoms with Gasteiger partial charge in [0.1, 0.15) is 11.5 Å². The number of hydrogen-bond donors (Lipinski definition) is 2. The number of pyridine rings is 1. The van der Waals surface area contributed by atoms with Crippen LogP contribution in [-0.4, -0.2) is 20.7 Å². The lowest BCUT2D eigenvalue weighted by molar-refractivity contribution is -0.111. The van der Waals surface area contributed by atoms with E-state index in [-0.39, 0.29) is 16.7 Å². The van der Waals surface area contributed by atoms with Crippen molar-refractivity contribution in [2.24, 2.45) is 11.1 Å². The largest absolute Gasteiger partial charge is 0.402 e. The molecule has 3 N–H and O–H groups in total. The van der Waals surface area contributed by atoms with E-state index in [1.54, 1.807) is 13.8 Å². The number of nitrogens with zero attached hydrogens (tertiary/aromatic N) is 2. The number of hydrogen-bond acceptors (Lipinski definition) is 4. The molecule has 0 aliphatic carbocycles. The minimum atomic E-state index is -0.146. The molecule has 0 amide bonds. The van der Waals surface area contributed by atoms with Crippen molar-refractivity contribution in [2.75, 3.05) is 5.32 Å². The molecule has 0 fully saturated rings. The van der Waals surface area contributed by atoms with Crippen LogP contribution in [0.15, 0.2) is 42.2 Å². The van der Waals surface area contributed by atoms with E-state index in [0.717, 1.165) is 52.6 Å². The van der Waals surface area contributed by atoms with Crippen molar-refractivity contribution in [2.45, 2.75) is 80.2 Å². The van der Waals surface area contributed by atoms with Crippen LogP contribution in [0.4, 0.5) is 5.82 Å². The van der Waals surface area contributed by atoms with E-state index in [0.29, 0.717) is 11.3 Å². The van der Waals surface area contributed by atoms with E-state index in [1.165, 1.54) is 5.56 Å². The van der Waals surface area contributed by atoms with Crippen LogP contribution in [0.3, 0.4) is 0 Å². The molecule has 3 rings (SSSR count). The molecule has 2 heterocycles. The van der Waals surface area contributed by atoms with Crippen LogP contribution in [0.2, 0.25) is 5.02 Å². The minimum absolute atomic E-state index is 0.0537. The first kappa shape index (κ1) is 26.8. The highest BCUT2D eigenvalue weighted by molar-refractivity contribution is 6.31. The summed E-state index contributed by atoms with van der Waals surface area (Å²) < 4.78 is 2.08. The van der Waals surface area contributed by atoms with Gasteiger partial charge in [0.05, 0.1) is 5.69 Å². The molecule has 5 nitrogen and oxygen atoms in total. The molecule has 0 unspecified atom stereocenters. The van der Waals surface area contributed by atoms with Crippen LogP contribution in [0.25, 0.3) is 11.2 Å². The predicted molar refractivity (Wildman–Crippen MR) is 148 cm³/mol. The standard InChI is InChI=1S/C29H39ClN4O/c1-18-9-10-21(15-23(18)30)11-12-24-27(33-29(7,8)17-28(4,5)6)34-14-13-22(16-25(34)32-24)26(19(2)31)20(3)35/h9-10,13-16,33H,11-12,17,31H2,1-8H3. The van der Waals surface area contributed by atoms with Crippen molar-refractivity contribution in [3.05, 3.63) is 69.6 Å². The van der Waals surface area contributed by atoms with Gasteiger partial charge in [-0.05, 0) is 94.2 Å². The second-order valence-electron chi connectivity index (χ2n) is 11.5. The molecule has 6 heteroatoms. The SMILES string of the molecule is CC(=O)C(=C(C)N)c1ccn2c(NC(C)(C)CC(C)(C)C)c(CCc3ccc(C)c(Cl)c3)nc2c1. The van der Waals surface area contributed by atoms with Gasteiger partial charge >= 0.3 is 0 Å². The van der Waals surface area contributed by atoms with Crippen LogP contribution < -0.4 is 11.1 Å². The Bertz CT molecular complexity index is 1270. The molecule has 0 bridgehead atoms. The maximum absolute atomic E-state index is 12.2. The van der Waals surface area contributed by atoms with Crippen molar-refractivity contribution in [3.8, 4) is 0 Å². The summed E-state index contributed by atoms with van der Waals surface area (Å²) in [5.41, 5.74) is 11.9. The highest BCUT2D eigenvalue weighted by atomic mass is 35.5. The highest BCUT2D eigenvalue weighted by Crippen LogP contribution is 2.32. The van der Waals surface area contributed by atoms with Crippen molar-refractivity contribution in [1.82, 2.24) is 9.38 Å². The Morgan fingerprint density at radius 1 is 1.09 bits per heavy atom. The Balaban J connectivity index is 2.06. The molecule has 0 aliphatic rings. The Labute approximate surface area is 214 Å². The fourth-order valence-corrected chi connectivity index (χ4v) is 5.21. The summed E-state index contributed by atoms with van der Waals surface area (Å²) in [5.74, 6) is 0.930. The van der Waals surface area contributed by atoms with Gasteiger partial charge in [-0.2, -0.15) is 0 Å². The number of halogens is 1. The van der Waals surface area contributed by atoms with Crippen molar-refractivity contribution >= 4 is 34.4 Å². The smallest absolute Gasteiger partial charge is 0.162 e. The quantitative estimate of drug-likeness (QED) is 0.331. The number of nitrogens with one attached hydrogen (secondary N) is 1. The van der Waals surface area contributed by atoms with E-state index >= 15 is 0 Å². The maximum Gasteiger partial charge on any atom is 0.162 e. The van der Waals surface area contributed by atoms with Gasteiger partial charge < -0.3 is 11.1 Å². The summed E-state index contributed by atoms with van der Waals surface area (Å²) >= 11 is 6.36. The number of aromatic nitrogens is 2. The third-order valence-corrected chi connectivity index (χ3v) is 6.46. The average molecular weight is 495 g/mol. The van der Waals surface area contributed by atoms with Gasteiger partial charge in [-0.3, -0.25) is 9.20 Å². The van der Waals surface area contributed by atoms with Gasteiger partial charge in [0.2, 0.25) is 0 Å². The van der Waals surface area contributed by atoms with E-state index in [9.17, 15) is 4.79 Å². The van der Waals surface area contributed by atoms with Crippen LogP contribution in [-0.2, 0) is 17.6 Å². The molecular weight excluding hydrogens is 456 g/mol. The predicted octanol–water partition coefficient (Wildman–Crippen LogP) is 6.99. The first-order valence-corrected chi connectivity index (χ1v) is 12.6. The number of anilines is 1. The number of carbonyl (C=O) groups is 1. The second-order valence-corrected chi connectivity index (χ2v) is 11.9. The monoisotopic (exact) mass is 494 g/mol. The number of aryl methyl sites for hydroxylation is 3. The Hall–Kier alpha value is -2.79. The molecule has 2 aromatic heterocycles. The molecule has 0 saturated carbocycles. The second kappa shape index (κ2) is 10.1. The first-order valence-electron chi connectivity index (χ1n) is 12.2. The maximum atomic E-state index is 12.2. The topological polar surface area (TPSA) is 72.4 Å². The van der Waals surface area contributed by atoms with Gasteiger partial charge in [0.25, 0.3) is 0 Å². The Morgan fingerprint density at radius 2 is 1.77 bits per heavy atom. The van der Waals surface area contributed by atoms with Gasteiger partial charge in [0.15, 0.2) is 5.78 Å². The molecule has 0 radical (unpaired) electrons. The lowest BCUT2D eigenvalue weighted by Crippen LogP contribution is -2.36. The summed E-state index contributed by atoms with van der Waals surface area (Å²) in [6, 6.07) is 10.1. The number of rotatable bonds is 8. The molecule has 3 aromatic rings. The van der Waals surface area contributed by atoms with E-state index in [2.05, 4.69) is 56.5 Å². The number of allylic oxidation sites excluding steroid dienone is 2. The first-order chi connectivity index (χ1) is 16.2. The molecule has 0 atom stereocenters. The number of nitrogens with two attached hydrogens (primary N) is 1. The fourth-order valence-electron chi connectivity index (χ4n) is 5.01. The number of imidazole rings is 1.